The first kappa shape index (κ1) is 17.3. The molecule has 3 nitrogen and oxygen atoms in total. The van der Waals surface area contributed by atoms with Gasteiger partial charge in [0.05, 0.1) is 17.3 Å². The normalized spacial score (nSPS) is 11.7. The minimum atomic E-state index is 0.231. The summed E-state index contributed by atoms with van der Waals surface area (Å²) in [6.45, 7) is 10.0. The van der Waals surface area contributed by atoms with E-state index in [1.54, 1.807) is 7.11 Å². The summed E-state index contributed by atoms with van der Waals surface area (Å²) in [4.78, 5) is 2.25. The quantitative estimate of drug-likeness (QED) is 0.779. The highest BCUT2D eigenvalue weighted by molar-refractivity contribution is 6.33. The van der Waals surface area contributed by atoms with Crippen LogP contribution in [0.4, 0.5) is 5.69 Å². The van der Waals surface area contributed by atoms with Crippen molar-refractivity contribution in [3.05, 3.63) is 28.8 Å². The van der Waals surface area contributed by atoms with Crippen LogP contribution in [-0.2, 0) is 11.3 Å². The van der Waals surface area contributed by atoms with Crippen molar-refractivity contribution < 1.29 is 4.74 Å². The van der Waals surface area contributed by atoms with Crippen LogP contribution in [0.3, 0.4) is 0 Å². The molecule has 1 N–H and O–H groups in total. The second kappa shape index (κ2) is 7.87. The van der Waals surface area contributed by atoms with Gasteiger partial charge >= 0.3 is 0 Å². The van der Waals surface area contributed by atoms with Crippen LogP contribution < -0.4 is 10.2 Å². The van der Waals surface area contributed by atoms with Crippen LogP contribution in [0.25, 0.3) is 0 Å². The van der Waals surface area contributed by atoms with Gasteiger partial charge in [-0.1, -0.05) is 44.5 Å². The highest BCUT2D eigenvalue weighted by Gasteiger charge is 2.18. The number of hydrogen-bond donors (Lipinski definition) is 1. The van der Waals surface area contributed by atoms with Crippen molar-refractivity contribution in [3.8, 4) is 0 Å². The third-order valence-electron chi connectivity index (χ3n) is 2.96. The predicted octanol–water partition coefficient (Wildman–Crippen LogP) is 3.56. The summed E-state index contributed by atoms with van der Waals surface area (Å²) in [6, 6.07) is 6.08. The van der Waals surface area contributed by atoms with Crippen molar-refractivity contribution in [2.75, 3.05) is 38.8 Å². The van der Waals surface area contributed by atoms with E-state index in [-0.39, 0.29) is 5.41 Å². The van der Waals surface area contributed by atoms with Crippen LogP contribution in [-0.4, -0.2) is 33.9 Å². The van der Waals surface area contributed by atoms with Crippen molar-refractivity contribution in [2.45, 2.75) is 27.3 Å². The highest BCUT2D eigenvalue weighted by Crippen LogP contribution is 2.31. The van der Waals surface area contributed by atoms with Gasteiger partial charge in [-0.3, -0.25) is 0 Å². The molecule has 0 atom stereocenters. The Morgan fingerprint density at radius 3 is 2.60 bits per heavy atom. The van der Waals surface area contributed by atoms with E-state index in [1.165, 1.54) is 5.56 Å². The topological polar surface area (TPSA) is 24.5 Å². The number of rotatable bonds is 7. The predicted molar refractivity (Wildman–Crippen MR) is 87.8 cm³/mol. The zero-order valence-electron chi connectivity index (χ0n) is 13.3. The third kappa shape index (κ3) is 5.70. The number of benzene rings is 1. The molecule has 0 bridgehead atoms. The Balaban J connectivity index is 2.82. The molecular formula is C16H27ClN2O. The van der Waals surface area contributed by atoms with Gasteiger partial charge in [-0.25, -0.2) is 0 Å². The molecule has 20 heavy (non-hydrogen) atoms. The van der Waals surface area contributed by atoms with Crippen LogP contribution in [0.15, 0.2) is 18.2 Å². The van der Waals surface area contributed by atoms with E-state index in [9.17, 15) is 0 Å². The average Bonchev–Trinajstić information content (AvgIpc) is 2.32. The molecule has 0 unspecified atom stereocenters. The maximum Gasteiger partial charge on any atom is 0.0642 e. The van der Waals surface area contributed by atoms with E-state index in [4.69, 9.17) is 16.3 Å². The summed E-state index contributed by atoms with van der Waals surface area (Å²) in [5.74, 6) is 0. The first-order valence-electron chi connectivity index (χ1n) is 7.03. The molecule has 1 rings (SSSR count). The summed E-state index contributed by atoms with van der Waals surface area (Å²) >= 11 is 6.40. The molecule has 0 fully saturated rings. The molecule has 114 valence electrons. The molecule has 1 aromatic rings. The van der Waals surface area contributed by atoms with Gasteiger partial charge in [-0.05, 0) is 17.0 Å². The molecule has 0 saturated carbocycles. The molecule has 0 spiro atoms. The lowest BCUT2D eigenvalue weighted by atomic mass is 9.95. The number of nitrogens with zero attached hydrogens (tertiary/aromatic N) is 1. The van der Waals surface area contributed by atoms with Crippen LogP contribution in [0.2, 0.25) is 5.02 Å². The fraction of sp³-hybridized carbons (Fsp3) is 0.625. The Labute approximate surface area is 128 Å². The summed E-state index contributed by atoms with van der Waals surface area (Å²) < 4.78 is 5.05. The molecular weight excluding hydrogens is 272 g/mol. The van der Waals surface area contributed by atoms with E-state index >= 15 is 0 Å². The minimum Gasteiger partial charge on any atom is -0.383 e. The van der Waals surface area contributed by atoms with Gasteiger partial charge in [0.25, 0.3) is 0 Å². The molecule has 0 aliphatic rings. The van der Waals surface area contributed by atoms with Gasteiger partial charge in [0.2, 0.25) is 0 Å². The van der Waals surface area contributed by atoms with E-state index in [0.29, 0.717) is 6.61 Å². The number of anilines is 1. The number of nitrogens with one attached hydrogen (secondary N) is 1. The standard InChI is InChI=1S/C16H27ClN2O/c1-16(2,3)12-19(4)15-13(7-6-8-14(15)17)11-18-9-10-20-5/h6-8,18H,9-12H2,1-5H3. The number of para-hydroxylation sites is 1. The Morgan fingerprint density at radius 1 is 1.30 bits per heavy atom. The summed E-state index contributed by atoms with van der Waals surface area (Å²) in [6.07, 6.45) is 0. The second-order valence-corrected chi connectivity index (χ2v) is 6.74. The molecule has 0 heterocycles. The minimum absolute atomic E-state index is 0.231. The maximum absolute atomic E-state index is 6.40. The monoisotopic (exact) mass is 298 g/mol. The molecule has 0 radical (unpaired) electrons. The van der Waals surface area contributed by atoms with Crippen molar-refractivity contribution in [1.82, 2.24) is 5.32 Å². The van der Waals surface area contributed by atoms with Gasteiger partial charge in [0, 0.05) is 33.8 Å². The van der Waals surface area contributed by atoms with Gasteiger partial charge in [-0.2, -0.15) is 0 Å². The zero-order chi connectivity index (χ0) is 15.2. The summed E-state index contributed by atoms with van der Waals surface area (Å²) in [7, 11) is 3.81. The van der Waals surface area contributed by atoms with Crippen molar-refractivity contribution in [2.24, 2.45) is 5.41 Å². The number of ether oxygens (including phenoxy) is 1. The maximum atomic E-state index is 6.40. The third-order valence-corrected chi connectivity index (χ3v) is 3.27. The molecule has 0 aromatic heterocycles. The lowest BCUT2D eigenvalue weighted by Crippen LogP contribution is -2.30. The first-order chi connectivity index (χ1) is 9.35. The Kier molecular flexibility index (Phi) is 6.80. The van der Waals surface area contributed by atoms with Crippen LogP contribution in [0, 0.1) is 5.41 Å². The zero-order valence-corrected chi connectivity index (χ0v) is 14.0. The molecule has 0 amide bonds. The highest BCUT2D eigenvalue weighted by atomic mass is 35.5. The number of hydrogen-bond acceptors (Lipinski definition) is 3. The van der Waals surface area contributed by atoms with Gasteiger partial charge < -0.3 is 15.0 Å². The smallest absolute Gasteiger partial charge is 0.0642 e. The lowest BCUT2D eigenvalue weighted by molar-refractivity contribution is 0.199. The number of methoxy groups -OCH3 is 1. The van der Waals surface area contributed by atoms with E-state index in [0.717, 1.165) is 30.3 Å². The Bertz CT molecular complexity index is 415. The summed E-state index contributed by atoms with van der Waals surface area (Å²) in [5, 5.41) is 4.19. The second-order valence-electron chi connectivity index (χ2n) is 6.33. The Morgan fingerprint density at radius 2 is 2.00 bits per heavy atom. The van der Waals surface area contributed by atoms with E-state index in [1.807, 2.05) is 12.1 Å². The van der Waals surface area contributed by atoms with Gasteiger partial charge in [0.1, 0.15) is 0 Å². The van der Waals surface area contributed by atoms with E-state index < -0.39 is 0 Å². The van der Waals surface area contributed by atoms with Crippen molar-refractivity contribution in [1.29, 1.82) is 0 Å². The number of halogens is 1. The van der Waals surface area contributed by atoms with Gasteiger partial charge in [0.15, 0.2) is 0 Å². The average molecular weight is 299 g/mol. The molecule has 0 aliphatic carbocycles. The summed E-state index contributed by atoms with van der Waals surface area (Å²) in [5.41, 5.74) is 2.57. The lowest BCUT2D eigenvalue weighted by Gasteiger charge is -2.30. The molecule has 4 heteroatoms. The van der Waals surface area contributed by atoms with Crippen molar-refractivity contribution in [3.63, 3.8) is 0 Å². The molecule has 1 aromatic carbocycles. The van der Waals surface area contributed by atoms with Crippen LogP contribution in [0.1, 0.15) is 26.3 Å². The van der Waals surface area contributed by atoms with Gasteiger partial charge in [-0.15, -0.1) is 0 Å². The SMILES string of the molecule is COCCNCc1cccc(Cl)c1N(C)CC(C)(C)C. The fourth-order valence-corrected chi connectivity index (χ4v) is 2.66. The first-order valence-corrected chi connectivity index (χ1v) is 7.41. The Hall–Kier alpha value is -0.770. The molecule has 0 aliphatic heterocycles. The van der Waals surface area contributed by atoms with Crippen LogP contribution in [0.5, 0.6) is 0 Å². The van der Waals surface area contributed by atoms with Crippen molar-refractivity contribution >= 4 is 17.3 Å². The largest absolute Gasteiger partial charge is 0.383 e. The van der Waals surface area contributed by atoms with E-state index in [2.05, 4.69) is 44.1 Å². The molecule has 0 saturated heterocycles. The fourth-order valence-electron chi connectivity index (χ4n) is 2.32. The van der Waals surface area contributed by atoms with Crippen LogP contribution >= 0.6 is 11.6 Å².